The Balaban J connectivity index is 1.57. The number of carbonyl (C=O) groups is 3. The van der Waals surface area contributed by atoms with Gasteiger partial charge in [-0.25, -0.2) is 0 Å². The van der Waals surface area contributed by atoms with E-state index < -0.39 is 17.3 Å². The van der Waals surface area contributed by atoms with Gasteiger partial charge in [-0.3, -0.25) is 14.4 Å². The summed E-state index contributed by atoms with van der Waals surface area (Å²) in [5.41, 5.74) is -0.476. The number of ether oxygens (including phenoxy) is 3. The highest BCUT2D eigenvalue weighted by molar-refractivity contribution is 5.82. The molecule has 1 heterocycles. The fourth-order valence-electron chi connectivity index (χ4n) is 5.71. The van der Waals surface area contributed by atoms with Gasteiger partial charge in [0, 0.05) is 18.4 Å². The molecule has 252 valence electrons. The van der Waals surface area contributed by atoms with Crippen LogP contribution in [0.4, 0.5) is 0 Å². The van der Waals surface area contributed by atoms with E-state index in [0.29, 0.717) is 13.0 Å². The number of carbonyl (C=O) groups excluding carboxylic acids is 3. The molecule has 1 saturated carbocycles. The Hall–Kier alpha value is -2.19. The summed E-state index contributed by atoms with van der Waals surface area (Å²) < 4.78 is 17.3. The Morgan fingerprint density at radius 1 is 0.841 bits per heavy atom. The van der Waals surface area contributed by atoms with Crippen molar-refractivity contribution >= 4 is 17.8 Å². The van der Waals surface area contributed by atoms with Gasteiger partial charge in [-0.05, 0) is 71.6 Å². The lowest BCUT2D eigenvalue weighted by Crippen LogP contribution is -2.56. The van der Waals surface area contributed by atoms with Crippen LogP contribution in [-0.2, 0) is 28.6 Å². The van der Waals surface area contributed by atoms with E-state index in [9.17, 15) is 14.4 Å². The number of unbranched alkanes of at least 4 members (excludes halogenated alkanes) is 8. The third-order valence-electron chi connectivity index (χ3n) is 8.46. The Morgan fingerprint density at radius 3 is 2.23 bits per heavy atom. The normalized spacial score (nSPS) is 23.1. The van der Waals surface area contributed by atoms with Gasteiger partial charge in [0.05, 0.1) is 19.1 Å². The third kappa shape index (κ3) is 15.7. The van der Waals surface area contributed by atoms with E-state index in [0.717, 1.165) is 57.8 Å². The van der Waals surface area contributed by atoms with Crippen molar-refractivity contribution in [3.05, 3.63) is 24.3 Å². The Labute approximate surface area is 267 Å². The molecule has 3 atom stereocenters. The summed E-state index contributed by atoms with van der Waals surface area (Å²) in [5, 5.41) is 5.95. The van der Waals surface area contributed by atoms with Crippen LogP contribution in [0.5, 0.6) is 0 Å². The minimum absolute atomic E-state index is 0.0397. The zero-order chi connectivity index (χ0) is 32.3. The summed E-state index contributed by atoms with van der Waals surface area (Å²) in [6.07, 6.45) is 25.0. The summed E-state index contributed by atoms with van der Waals surface area (Å²) in [4.78, 5) is 38.1. The van der Waals surface area contributed by atoms with Crippen molar-refractivity contribution in [2.45, 2.75) is 168 Å². The van der Waals surface area contributed by atoms with Crippen molar-refractivity contribution in [3.8, 4) is 0 Å². The van der Waals surface area contributed by atoms with Crippen LogP contribution in [0, 0.1) is 5.41 Å². The number of hydrogen-bond donors (Lipinski definition) is 2. The standard InChI is InChI=1S/C36H62N2O6/c1-6-7-8-9-10-11-12-13-14-15-16-17-18-19-20-25-31(39)38-29-23-21-22-24-30(29)43-32(40)26-27-37-34(41)33-35(2,3)28-42-36(4,5)44-33/h10-11,13-14,29-30,33H,6-9,12,15-28H2,1-5H3,(H,37,41)(H,38,39)/b11-10-,14-13-/t29-,30-,33?/m0/s1. The van der Waals surface area contributed by atoms with Gasteiger partial charge in [0.2, 0.25) is 11.8 Å². The third-order valence-corrected chi connectivity index (χ3v) is 8.46. The van der Waals surface area contributed by atoms with Crippen molar-refractivity contribution in [3.63, 3.8) is 0 Å². The van der Waals surface area contributed by atoms with Crippen molar-refractivity contribution in [2.75, 3.05) is 13.2 Å². The highest BCUT2D eigenvalue weighted by atomic mass is 16.7. The molecule has 2 amide bonds. The lowest BCUT2D eigenvalue weighted by Gasteiger charge is -2.44. The van der Waals surface area contributed by atoms with Gasteiger partial charge in [-0.1, -0.05) is 83.6 Å². The topological polar surface area (TPSA) is 103 Å². The summed E-state index contributed by atoms with van der Waals surface area (Å²) in [6, 6.07) is -0.147. The zero-order valence-corrected chi connectivity index (χ0v) is 28.4. The molecule has 1 saturated heterocycles. The van der Waals surface area contributed by atoms with E-state index in [2.05, 4.69) is 41.9 Å². The molecule has 2 N–H and O–H groups in total. The van der Waals surface area contributed by atoms with E-state index in [-0.39, 0.29) is 42.9 Å². The summed E-state index contributed by atoms with van der Waals surface area (Å²) in [7, 11) is 0. The second-order valence-electron chi connectivity index (χ2n) is 13.7. The monoisotopic (exact) mass is 618 g/mol. The van der Waals surface area contributed by atoms with Gasteiger partial charge in [-0.15, -0.1) is 0 Å². The maximum absolute atomic E-state index is 12.8. The first kappa shape index (κ1) is 38.0. The molecule has 0 aromatic heterocycles. The van der Waals surface area contributed by atoms with Crippen LogP contribution in [0.2, 0.25) is 0 Å². The lowest BCUT2D eigenvalue weighted by atomic mass is 9.85. The van der Waals surface area contributed by atoms with E-state index in [1.165, 1.54) is 38.5 Å². The molecule has 44 heavy (non-hydrogen) atoms. The molecule has 2 fully saturated rings. The molecular formula is C36H62N2O6. The second kappa shape index (κ2) is 20.8. The predicted molar refractivity (Wildman–Crippen MR) is 176 cm³/mol. The molecule has 0 aromatic rings. The van der Waals surface area contributed by atoms with Crippen molar-refractivity contribution in [1.82, 2.24) is 10.6 Å². The van der Waals surface area contributed by atoms with Crippen LogP contribution in [0.1, 0.15) is 144 Å². The summed E-state index contributed by atoms with van der Waals surface area (Å²) >= 11 is 0. The number of hydrogen-bond acceptors (Lipinski definition) is 6. The molecule has 2 rings (SSSR count). The molecule has 0 radical (unpaired) electrons. The van der Waals surface area contributed by atoms with Crippen LogP contribution in [0.25, 0.3) is 0 Å². The van der Waals surface area contributed by atoms with Gasteiger partial charge >= 0.3 is 5.97 Å². The first-order valence-corrected chi connectivity index (χ1v) is 17.4. The minimum Gasteiger partial charge on any atom is -0.460 e. The molecule has 1 aliphatic carbocycles. The first-order chi connectivity index (χ1) is 21.0. The smallest absolute Gasteiger partial charge is 0.307 e. The molecular weight excluding hydrogens is 556 g/mol. The Kier molecular flexibility index (Phi) is 17.9. The number of rotatable bonds is 20. The van der Waals surface area contributed by atoms with E-state index >= 15 is 0 Å². The molecule has 1 unspecified atom stereocenters. The Morgan fingerprint density at radius 2 is 1.50 bits per heavy atom. The summed E-state index contributed by atoms with van der Waals surface area (Å²) in [6.45, 7) is 10.2. The van der Waals surface area contributed by atoms with E-state index in [1.807, 2.05) is 13.8 Å². The number of amides is 2. The van der Waals surface area contributed by atoms with Crippen LogP contribution in [-0.4, -0.2) is 55.0 Å². The van der Waals surface area contributed by atoms with Gasteiger partial charge in [0.25, 0.3) is 0 Å². The van der Waals surface area contributed by atoms with Crippen LogP contribution in [0.3, 0.4) is 0 Å². The largest absolute Gasteiger partial charge is 0.460 e. The van der Waals surface area contributed by atoms with Gasteiger partial charge in [-0.2, -0.15) is 0 Å². The highest BCUT2D eigenvalue weighted by Crippen LogP contribution is 2.34. The minimum atomic E-state index is -0.834. The molecule has 8 nitrogen and oxygen atoms in total. The van der Waals surface area contributed by atoms with Gasteiger partial charge in [0.1, 0.15) is 12.2 Å². The molecule has 2 aliphatic rings. The molecule has 0 spiro atoms. The van der Waals surface area contributed by atoms with Gasteiger partial charge in [0.15, 0.2) is 5.79 Å². The lowest BCUT2D eigenvalue weighted by molar-refractivity contribution is -0.304. The van der Waals surface area contributed by atoms with E-state index in [1.54, 1.807) is 13.8 Å². The number of nitrogens with one attached hydrogen (secondary N) is 2. The average Bonchev–Trinajstić information content (AvgIpc) is 2.97. The molecule has 0 aromatic carbocycles. The van der Waals surface area contributed by atoms with Crippen LogP contribution < -0.4 is 10.6 Å². The van der Waals surface area contributed by atoms with Crippen LogP contribution in [0.15, 0.2) is 24.3 Å². The first-order valence-electron chi connectivity index (χ1n) is 17.4. The molecule has 8 heteroatoms. The van der Waals surface area contributed by atoms with Crippen molar-refractivity contribution in [1.29, 1.82) is 0 Å². The maximum atomic E-state index is 12.8. The van der Waals surface area contributed by atoms with Gasteiger partial charge < -0.3 is 24.8 Å². The molecule has 0 bridgehead atoms. The maximum Gasteiger partial charge on any atom is 0.307 e. The molecule has 1 aliphatic heterocycles. The summed E-state index contributed by atoms with van der Waals surface area (Å²) in [5.74, 6) is -1.41. The Bertz CT molecular complexity index is 912. The average molecular weight is 619 g/mol. The predicted octanol–water partition coefficient (Wildman–Crippen LogP) is 7.45. The fourth-order valence-corrected chi connectivity index (χ4v) is 5.71. The van der Waals surface area contributed by atoms with Crippen molar-refractivity contribution in [2.24, 2.45) is 5.41 Å². The zero-order valence-electron chi connectivity index (χ0n) is 28.4. The van der Waals surface area contributed by atoms with E-state index in [4.69, 9.17) is 14.2 Å². The highest BCUT2D eigenvalue weighted by Gasteiger charge is 2.45. The quantitative estimate of drug-likeness (QED) is 0.0834. The number of esters is 1. The van der Waals surface area contributed by atoms with Crippen molar-refractivity contribution < 1.29 is 28.6 Å². The fraction of sp³-hybridized carbons (Fsp3) is 0.806. The second-order valence-corrected chi connectivity index (χ2v) is 13.7. The number of allylic oxidation sites excluding steroid dienone is 4. The SMILES string of the molecule is CCCCC/C=C\C/C=C\CCCCCCCC(=O)N[C@H]1CCCC[C@@H]1OC(=O)CCNC(=O)C1OC(C)(C)OCC1(C)C. The van der Waals surface area contributed by atoms with Crippen LogP contribution >= 0.6 is 0 Å².